The van der Waals surface area contributed by atoms with Gasteiger partial charge in [-0.05, 0) is 68.1 Å². The molecule has 0 aliphatic carbocycles. The Balaban J connectivity index is 1.78. The number of aryl methyl sites for hydroxylation is 1. The van der Waals surface area contributed by atoms with Gasteiger partial charge in [-0.25, -0.2) is 0 Å². The van der Waals surface area contributed by atoms with Gasteiger partial charge in [-0.3, -0.25) is 14.4 Å². The summed E-state index contributed by atoms with van der Waals surface area (Å²) >= 11 is 0. The van der Waals surface area contributed by atoms with Crippen LogP contribution in [0, 0.1) is 0 Å². The number of amides is 2. The summed E-state index contributed by atoms with van der Waals surface area (Å²) in [5.74, 6) is -1.34. The number of anilines is 2. The first-order valence-electron chi connectivity index (χ1n) is 10.9. The average Bonchev–Trinajstić information content (AvgIpc) is 2.75. The fraction of sp³-hybridized carbons (Fsp3) is 0.375. The molecule has 0 spiro atoms. The van der Waals surface area contributed by atoms with E-state index in [2.05, 4.69) is 16.0 Å². The first-order chi connectivity index (χ1) is 15.4. The molecule has 2 bridgehead atoms. The molecule has 3 rings (SSSR count). The summed E-state index contributed by atoms with van der Waals surface area (Å²) in [7, 11) is 0. The molecule has 2 aromatic rings. The Labute approximate surface area is 187 Å². The van der Waals surface area contributed by atoms with Crippen LogP contribution in [0.15, 0.2) is 42.5 Å². The third-order valence-corrected chi connectivity index (χ3v) is 5.41. The zero-order chi connectivity index (χ0) is 22.9. The lowest BCUT2D eigenvalue weighted by atomic mass is 10.0. The molecule has 2 aromatic carbocycles. The summed E-state index contributed by atoms with van der Waals surface area (Å²) in [5, 5.41) is 27.8. The number of carbonyl (C=O) groups is 3. The van der Waals surface area contributed by atoms with Crippen LogP contribution in [0.2, 0.25) is 0 Å². The molecule has 1 aliphatic rings. The van der Waals surface area contributed by atoms with E-state index in [1.165, 1.54) is 6.07 Å². The molecule has 8 nitrogen and oxygen atoms in total. The molecule has 1 heterocycles. The van der Waals surface area contributed by atoms with Crippen molar-refractivity contribution in [3.05, 3.63) is 53.6 Å². The van der Waals surface area contributed by atoms with Gasteiger partial charge in [0.15, 0.2) is 0 Å². The molecule has 32 heavy (non-hydrogen) atoms. The molecule has 2 amide bonds. The van der Waals surface area contributed by atoms with E-state index in [1.807, 2.05) is 0 Å². The van der Waals surface area contributed by atoms with Gasteiger partial charge in [0.25, 0.3) is 5.91 Å². The lowest BCUT2D eigenvalue weighted by Crippen LogP contribution is -2.41. The number of unbranched alkanes of at least 4 members (excludes halogenated alkanes) is 2. The monoisotopic (exact) mass is 439 g/mol. The minimum Gasteiger partial charge on any atom is -0.508 e. The number of benzene rings is 2. The number of hydrogen-bond donors (Lipinski definition) is 5. The van der Waals surface area contributed by atoms with Crippen molar-refractivity contribution in [3.8, 4) is 5.75 Å². The standard InChI is InChI=1S/C24H29N3O5/c28-18-14-16-7-6-12-25-21(10-2-1-3-11-22(29)30)24(32)27-20-9-5-4-8-19(20)26-23(31)17(13-16)15-18/h4-5,8-9,13-15,21,25,28H,1-3,6-7,10-12H2,(H,26,31)(H,27,32)(H,29,30). The van der Waals surface area contributed by atoms with Crippen molar-refractivity contribution >= 4 is 29.2 Å². The van der Waals surface area contributed by atoms with Crippen LogP contribution in [0.4, 0.5) is 11.4 Å². The number of carbonyl (C=O) groups excluding carboxylic acids is 2. The molecule has 0 fully saturated rings. The molecule has 5 N–H and O–H groups in total. The number of para-hydroxylation sites is 2. The molecule has 8 heteroatoms. The zero-order valence-electron chi connectivity index (χ0n) is 17.9. The minimum absolute atomic E-state index is 0.0357. The lowest BCUT2D eigenvalue weighted by Gasteiger charge is -2.20. The maximum Gasteiger partial charge on any atom is 0.303 e. The van der Waals surface area contributed by atoms with Crippen LogP contribution in [0.1, 0.15) is 54.4 Å². The van der Waals surface area contributed by atoms with Crippen molar-refractivity contribution in [1.29, 1.82) is 0 Å². The zero-order valence-corrected chi connectivity index (χ0v) is 17.9. The highest BCUT2D eigenvalue weighted by atomic mass is 16.4. The smallest absolute Gasteiger partial charge is 0.303 e. The summed E-state index contributed by atoms with van der Waals surface area (Å²) in [6.07, 6.45) is 4.12. The number of nitrogens with one attached hydrogen (secondary N) is 3. The van der Waals surface area contributed by atoms with Crippen molar-refractivity contribution < 1.29 is 24.6 Å². The van der Waals surface area contributed by atoms with Gasteiger partial charge in [0.05, 0.1) is 17.4 Å². The van der Waals surface area contributed by atoms with Crippen LogP contribution in [0.5, 0.6) is 5.75 Å². The maximum atomic E-state index is 13.0. The Bertz CT molecular complexity index is 976. The number of carboxylic acid groups (broad SMARTS) is 1. The highest BCUT2D eigenvalue weighted by Crippen LogP contribution is 2.24. The SMILES string of the molecule is O=C(O)CCCCCC1NCCCc2cc(O)cc(c2)C(=O)Nc2ccccc2NC1=O. The molecule has 0 aromatic heterocycles. The van der Waals surface area contributed by atoms with Crippen LogP contribution in [0.3, 0.4) is 0 Å². The fourth-order valence-corrected chi connectivity index (χ4v) is 3.76. The maximum absolute atomic E-state index is 13.0. The van der Waals surface area contributed by atoms with Crippen LogP contribution < -0.4 is 16.0 Å². The number of phenolic OH excluding ortho intramolecular Hbond substituents is 1. The van der Waals surface area contributed by atoms with E-state index < -0.39 is 12.0 Å². The van der Waals surface area contributed by atoms with Gasteiger partial charge in [-0.2, -0.15) is 0 Å². The summed E-state index contributed by atoms with van der Waals surface area (Å²) in [4.78, 5) is 36.4. The topological polar surface area (TPSA) is 128 Å². The molecule has 0 saturated carbocycles. The molecule has 0 saturated heterocycles. The van der Waals surface area contributed by atoms with E-state index in [9.17, 15) is 19.5 Å². The predicted molar refractivity (Wildman–Crippen MR) is 122 cm³/mol. The van der Waals surface area contributed by atoms with Gasteiger partial charge < -0.3 is 26.2 Å². The Morgan fingerprint density at radius 1 is 1.00 bits per heavy atom. The highest BCUT2D eigenvalue weighted by molar-refractivity contribution is 6.08. The second kappa shape index (κ2) is 11.3. The fourth-order valence-electron chi connectivity index (χ4n) is 3.76. The van der Waals surface area contributed by atoms with Crippen LogP contribution in [0.25, 0.3) is 0 Å². The van der Waals surface area contributed by atoms with Gasteiger partial charge in [0.1, 0.15) is 5.75 Å². The quantitative estimate of drug-likeness (QED) is 0.438. The summed E-state index contributed by atoms with van der Waals surface area (Å²) in [6, 6.07) is 11.4. The third-order valence-electron chi connectivity index (χ3n) is 5.41. The number of aliphatic carboxylic acids is 1. The van der Waals surface area contributed by atoms with Crippen LogP contribution in [-0.2, 0) is 16.0 Å². The Kier molecular flexibility index (Phi) is 8.21. The number of carboxylic acids is 1. The van der Waals surface area contributed by atoms with Gasteiger partial charge >= 0.3 is 5.97 Å². The Hall–Kier alpha value is -3.39. The van der Waals surface area contributed by atoms with E-state index in [-0.39, 0.29) is 24.0 Å². The molecule has 170 valence electrons. The van der Waals surface area contributed by atoms with Gasteiger partial charge in [0, 0.05) is 12.0 Å². The second-order valence-corrected chi connectivity index (χ2v) is 7.98. The van der Waals surface area contributed by atoms with Crippen LogP contribution in [-0.4, -0.2) is 40.6 Å². The molecule has 1 unspecified atom stereocenters. The summed E-state index contributed by atoms with van der Waals surface area (Å²) in [6.45, 7) is 0.589. The van der Waals surface area contributed by atoms with Gasteiger partial charge in [-0.1, -0.05) is 25.0 Å². The molecule has 1 aliphatic heterocycles. The predicted octanol–water partition coefficient (Wildman–Crippen LogP) is 3.52. The number of aromatic hydroxyl groups is 1. The van der Waals surface area contributed by atoms with E-state index in [0.717, 1.165) is 24.8 Å². The van der Waals surface area contributed by atoms with E-state index in [0.29, 0.717) is 42.7 Å². The van der Waals surface area contributed by atoms with Crippen molar-refractivity contribution in [2.75, 3.05) is 17.2 Å². The second-order valence-electron chi connectivity index (χ2n) is 7.98. The van der Waals surface area contributed by atoms with Crippen molar-refractivity contribution in [3.63, 3.8) is 0 Å². The molecular formula is C24H29N3O5. The van der Waals surface area contributed by atoms with Crippen molar-refractivity contribution in [2.45, 2.75) is 51.0 Å². The van der Waals surface area contributed by atoms with E-state index in [4.69, 9.17) is 5.11 Å². The van der Waals surface area contributed by atoms with Crippen molar-refractivity contribution in [1.82, 2.24) is 5.32 Å². The summed E-state index contributed by atoms with van der Waals surface area (Å²) in [5.41, 5.74) is 2.15. The molecule has 1 atom stereocenters. The Morgan fingerprint density at radius 3 is 2.50 bits per heavy atom. The van der Waals surface area contributed by atoms with Crippen molar-refractivity contribution in [2.24, 2.45) is 0 Å². The number of hydrogen-bond acceptors (Lipinski definition) is 5. The first-order valence-corrected chi connectivity index (χ1v) is 10.9. The lowest BCUT2D eigenvalue weighted by molar-refractivity contribution is -0.137. The first kappa shape index (κ1) is 23.3. The largest absolute Gasteiger partial charge is 0.508 e. The molecule has 0 radical (unpaired) electrons. The Morgan fingerprint density at radius 2 is 1.75 bits per heavy atom. The highest BCUT2D eigenvalue weighted by Gasteiger charge is 2.20. The summed E-state index contributed by atoms with van der Waals surface area (Å²) < 4.78 is 0. The van der Waals surface area contributed by atoms with E-state index >= 15 is 0 Å². The number of fused-ring (bicyclic) bond motifs is 3. The molecular weight excluding hydrogens is 410 g/mol. The van der Waals surface area contributed by atoms with Gasteiger partial charge in [0.2, 0.25) is 5.91 Å². The van der Waals surface area contributed by atoms with E-state index in [1.54, 1.807) is 36.4 Å². The van der Waals surface area contributed by atoms with Crippen LogP contribution >= 0.6 is 0 Å². The normalized spacial score (nSPS) is 16.9. The minimum atomic E-state index is -0.812. The van der Waals surface area contributed by atoms with Gasteiger partial charge in [-0.15, -0.1) is 0 Å². The number of rotatable bonds is 6. The third kappa shape index (κ3) is 6.81. The number of phenols is 1. The average molecular weight is 440 g/mol.